The lowest BCUT2D eigenvalue weighted by Gasteiger charge is -2.11. The minimum absolute atomic E-state index is 0.114. The maximum absolute atomic E-state index is 12.4. The Kier molecular flexibility index (Phi) is 4.41. The van der Waals surface area contributed by atoms with Crippen LogP contribution in [0.15, 0.2) is 36.4 Å². The first-order chi connectivity index (χ1) is 10.4. The molecule has 0 aliphatic carbocycles. The van der Waals surface area contributed by atoms with Crippen LogP contribution in [0.3, 0.4) is 0 Å². The summed E-state index contributed by atoms with van der Waals surface area (Å²) in [5.41, 5.74) is 2.56. The van der Waals surface area contributed by atoms with Gasteiger partial charge in [0.05, 0.1) is 17.7 Å². The van der Waals surface area contributed by atoms with Gasteiger partial charge in [0.2, 0.25) is 0 Å². The van der Waals surface area contributed by atoms with E-state index in [9.17, 15) is 14.9 Å². The monoisotopic (exact) mass is 300 g/mol. The summed E-state index contributed by atoms with van der Waals surface area (Å²) in [6.45, 7) is 3.78. The highest BCUT2D eigenvalue weighted by Crippen LogP contribution is 2.29. The molecule has 1 N–H and O–H groups in total. The van der Waals surface area contributed by atoms with Crippen LogP contribution < -0.4 is 10.1 Å². The van der Waals surface area contributed by atoms with Gasteiger partial charge in [0.1, 0.15) is 5.75 Å². The Balaban J connectivity index is 2.34. The van der Waals surface area contributed by atoms with Crippen LogP contribution in [-0.4, -0.2) is 17.9 Å². The number of rotatable bonds is 4. The molecule has 0 aliphatic rings. The van der Waals surface area contributed by atoms with Crippen molar-refractivity contribution in [3.05, 3.63) is 63.2 Å². The van der Waals surface area contributed by atoms with Gasteiger partial charge in [0.25, 0.3) is 11.6 Å². The number of hydrogen-bond donors (Lipinski definition) is 1. The van der Waals surface area contributed by atoms with E-state index in [1.807, 2.05) is 26.0 Å². The first kappa shape index (κ1) is 15.5. The van der Waals surface area contributed by atoms with Crippen LogP contribution in [0, 0.1) is 24.0 Å². The third-order valence-electron chi connectivity index (χ3n) is 3.27. The Bertz CT molecular complexity index is 741. The van der Waals surface area contributed by atoms with Gasteiger partial charge in [-0.2, -0.15) is 0 Å². The predicted molar refractivity (Wildman–Crippen MR) is 83.5 cm³/mol. The molecule has 0 spiro atoms. The molecular weight excluding hydrogens is 284 g/mol. The predicted octanol–water partition coefficient (Wildman–Crippen LogP) is 3.47. The van der Waals surface area contributed by atoms with Crippen molar-refractivity contribution in [2.75, 3.05) is 12.4 Å². The number of benzene rings is 2. The van der Waals surface area contributed by atoms with Gasteiger partial charge < -0.3 is 10.1 Å². The molecule has 0 fully saturated rings. The summed E-state index contributed by atoms with van der Waals surface area (Å²) in [5, 5.41) is 13.5. The molecule has 0 atom stereocenters. The van der Waals surface area contributed by atoms with Crippen LogP contribution in [0.1, 0.15) is 21.5 Å². The SMILES string of the molecule is COc1ccc([N+](=O)[O-])cc1NC(=O)c1ccc(C)cc1C. The fraction of sp³-hybridized carbons (Fsp3) is 0.188. The zero-order valence-corrected chi connectivity index (χ0v) is 12.5. The number of amides is 1. The molecule has 0 aliphatic heterocycles. The fourth-order valence-corrected chi connectivity index (χ4v) is 2.17. The number of carbonyl (C=O) groups is 1. The summed E-state index contributed by atoms with van der Waals surface area (Å²) in [6, 6.07) is 9.53. The van der Waals surface area contributed by atoms with Crippen molar-refractivity contribution in [1.82, 2.24) is 0 Å². The average molecular weight is 300 g/mol. The number of aryl methyl sites for hydroxylation is 2. The number of carbonyl (C=O) groups excluding carboxylic acids is 1. The van der Waals surface area contributed by atoms with E-state index in [2.05, 4.69) is 5.32 Å². The Hall–Kier alpha value is -2.89. The molecule has 0 unspecified atom stereocenters. The maximum Gasteiger partial charge on any atom is 0.271 e. The van der Waals surface area contributed by atoms with Crippen molar-refractivity contribution in [1.29, 1.82) is 0 Å². The summed E-state index contributed by atoms with van der Waals surface area (Å²) < 4.78 is 5.13. The Morgan fingerprint density at radius 3 is 2.50 bits per heavy atom. The first-order valence-electron chi connectivity index (χ1n) is 6.63. The van der Waals surface area contributed by atoms with E-state index < -0.39 is 4.92 Å². The third-order valence-corrected chi connectivity index (χ3v) is 3.27. The summed E-state index contributed by atoms with van der Waals surface area (Å²) in [7, 11) is 1.44. The number of nitro groups is 1. The highest BCUT2D eigenvalue weighted by molar-refractivity contribution is 6.06. The molecule has 22 heavy (non-hydrogen) atoms. The second-order valence-electron chi connectivity index (χ2n) is 4.91. The molecule has 6 heteroatoms. The summed E-state index contributed by atoms with van der Waals surface area (Å²) in [6.07, 6.45) is 0. The highest BCUT2D eigenvalue weighted by Gasteiger charge is 2.15. The number of methoxy groups -OCH3 is 1. The smallest absolute Gasteiger partial charge is 0.271 e. The molecule has 0 aromatic heterocycles. The van der Waals surface area contributed by atoms with Crippen molar-refractivity contribution in [2.45, 2.75) is 13.8 Å². The van der Waals surface area contributed by atoms with E-state index in [1.54, 1.807) is 6.07 Å². The molecule has 0 saturated carbocycles. The van der Waals surface area contributed by atoms with Crippen LogP contribution in [0.25, 0.3) is 0 Å². The fourth-order valence-electron chi connectivity index (χ4n) is 2.17. The third kappa shape index (κ3) is 3.22. The van der Waals surface area contributed by atoms with Crippen LogP contribution in [0.5, 0.6) is 5.75 Å². The van der Waals surface area contributed by atoms with Crippen molar-refractivity contribution in [2.24, 2.45) is 0 Å². The van der Waals surface area contributed by atoms with Gasteiger partial charge in [0.15, 0.2) is 0 Å². The van der Waals surface area contributed by atoms with E-state index >= 15 is 0 Å². The zero-order valence-electron chi connectivity index (χ0n) is 12.5. The standard InChI is InChI=1S/C16H16N2O4/c1-10-4-6-13(11(2)8-10)16(19)17-14-9-12(18(20)21)5-7-15(14)22-3/h4-9H,1-3H3,(H,17,19). The number of ether oxygens (including phenoxy) is 1. The molecule has 2 aromatic carbocycles. The number of nitrogens with one attached hydrogen (secondary N) is 1. The molecule has 2 rings (SSSR count). The van der Waals surface area contributed by atoms with Crippen LogP contribution in [0.2, 0.25) is 0 Å². The minimum atomic E-state index is -0.522. The lowest BCUT2D eigenvalue weighted by atomic mass is 10.1. The van der Waals surface area contributed by atoms with E-state index in [0.29, 0.717) is 11.3 Å². The lowest BCUT2D eigenvalue weighted by molar-refractivity contribution is -0.384. The number of nitrogens with zero attached hydrogens (tertiary/aromatic N) is 1. The van der Waals surface area contributed by atoms with E-state index in [0.717, 1.165) is 11.1 Å². The summed E-state index contributed by atoms with van der Waals surface area (Å²) in [5.74, 6) is 0.0278. The van der Waals surface area contributed by atoms with Crippen LogP contribution in [-0.2, 0) is 0 Å². The van der Waals surface area contributed by atoms with Crippen molar-refractivity contribution >= 4 is 17.3 Å². The Labute approximate surface area is 127 Å². The quantitative estimate of drug-likeness (QED) is 0.692. The van der Waals surface area contributed by atoms with Gasteiger partial charge in [-0.25, -0.2) is 0 Å². The van der Waals surface area contributed by atoms with Gasteiger partial charge in [-0.3, -0.25) is 14.9 Å². The van der Waals surface area contributed by atoms with Crippen LogP contribution in [0.4, 0.5) is 11.4 Å². The van der Waals surface area contributed by atoms with E-state index in [4.69, 9.17) is 4.74 Å². The summed E-state index contributed by atoms with van der Waals surface area (Å²) >= 11 is 0. The second-order valence-corrected chi connectivity index (χ2v) is 4.91. The number of non-ortho nitro benzene ring substituents is 1. The Morgan fingerprint density at radius 1 is 1.18 bits per heavy atom. The molecule has 0 radical (unpaired) electrons. The number of anilines is 1. The highest BCUT2D eigenvalue weighted by atomic mass is 16.6. The lowest BCUT2D eigenvalue weighted by Crippen LogP contribution is -2.14. The number of nitro benzene ring substituents is 1. The van der Waals surface area contributed by atoms with Crippen molar-refractivity contribution in [3.8, 4) is 5.75 Å². The maximum atomic E-state index is 12.4. The molecule has 0 heterocycles. The van der Waals surface area contributed by atoms with Crippen LogP contribution >= 0.6 is 0 Å². The van der Waals surface area contributed by atoms with Crippen molar-refractivity contribution < 1.29 is 14.5 Å². The minimum Gasteiger partial charge on any atom is -0.495 e. The second kappa shape index (κ2) is 6.26. The van der Waals surface area contributed by atoms with E-state index in [-0.39, 0.29) is 17.3 Å². The largest absolute Gasteiger partial charge is 0.495 e. The molecule has 0 bridgehead atoms. The molecule has 1 amide bonds. The molecule has 6 nitrogen and oxygen atoms in total. The van der Waals surface area contributed by atoms with Gasteiger partial charge in [-0.05, 0) is 31.5 Å². The topological polar surface area (TPSA) is 81.5 Å². The van der Waals surface area contributed by atoms with Gasteiger partial charge in [-0.1, -0.05) is 17.7 Å². The van der Waals surface area contributed by atoms with Gasteiger partial charge >= 0.3 is 0 Å². The molecule has 2 aromatic rings. The average Bonchev–Trinajstić information content (AvgIpc) is 2.46. The van der Waals surface area contributed by atoms with Gasteiger partial charge in [-0.15, -0.1) is 0 Å². The van der Waals surface area contributed by atoms with E-state index in [1.165, 1.54) is 25.3 Å². The summed E-state index contributed by atoms with van der Waals surface area (Å²) in [4.78, 5) is 22.7. The number of hydrogen-bond acceptors (Lipinski definition) is 4. The molecular formula is C16H16N2O4. The Morgan fingerprint density at radius 2 is 1.91 bits per heavy atom. The van der Waals surface area contributed by atoms with Crippen molar-refractivity contribution in [3.63, 3.8) is 0 Å². The normalized spacial score (nSPS) is 10.1. The molecule has 0 saturated heterocycles. The van der Waals surface area contributed by atoms with Gasteiger partial charge in [0, 0.05) is 17.7 Å². The first-order valence-corrected chi connectivity index (χ1v) is 6.63. The zero-order chi connectivity index (χ0) is 16.3. The molecule has 114 valence electrons.